The van der Waals surface area contributed by atoms with Gasteiger partial charge in [0.25, 0.3) is 0 Å². The molecule has 1 saturated heterocycles. The van der Waals surface area contributed by atoms with Gasteiger partial charge in [0.15, 0.2) is 0 Å². The molecule has 1 aliphatic carbocycles. The fraction of sp³-hybridized carbons (Fsp3) is 0.609. The van der Waals surface area contributed by atoms with Gasteiger partial charge in [0.2, 0.25) is 17.8 Å². The van der Waals surface area contributed by atoms with E-state index in [0.29, 0.717) is 40.4 Å². The molecule has 2 aromatic rings. The van der Waals surface area contributed by atoms with Gasteiger partial charge in [-0.1, -0.05) is 26.2 Å². The summed E-state index contributed by atoms with van der Waals surface area (Å²) in [6.45, 7) is 6.05. The van der Waals surface area contributed by atoms with Gasteiger partial charge in [-0.2, -0.15) is 15.0 Å². The molecular formula is C23H34FN7S. The van der Waals surface area contributed by atoms with Gasteiger partial charge in [-0.3, -0.25) is 4.90 Å². The van der Waals surface area contributed by atoms with E-state index in [9.17, 15) is 4.39 Å². The first kappa shape index (κ1) is 23.0. The van der Waals surface area contributed by atoms with Gasteiger partial charge in [-0.15, -0.1) is 12.6 Å². The van der Waals surface area contributed by atoms with Crippen LogP contribution in [0, 0.1) is 11.7 Å². The Hall–Kier alpha value is -2.13. The summed E-state index contributed by atoms with van der Waals surface area (Å²) in [5.41, 5.74) is 0.573. The summed E-state index contributed by atoms with van der Waals surface area (Å²) >= 11 is 4.10. The van der Waals surface area contributed by atoms with Crippen molar-refractivity contribution in [2.45, 2.75) is 62.8 Å². The van der Waals surface area contributed by atoms with Crippen LogP contribution in [0.5, 0.6) is 0 Å². The van der Waals surface area contributed by atoms with Crippen LogP contribution in [0.25, 0.3) is 0 Å². The highest BCUT2D eigenvalue weighted by Gasteiger charge is 2.23. The second-order valence-electron chi connectivity index (χ2n) is 8.79. The number of hydrogen-bond acceptors (Lipinski definition) is 8. The van der Waals surface area contributed by atoms with E-state index in [4.69, 9.17) is 0 Å². The minimum Gasteiger partial charge on any atom is -0.354 e. The fourth-order valence-corrected chi connectivity index (χ4v) is 4.82. The van der Waals surface area contributed by atoms with E-state index < -0.39 is 0 Å². The zero-order valence-corrected chi connectivity index (χ0v) is 19.7. The molecule has 1 atom stereocenters. The van der Waals surface area contributed by atoms with Crippen molar-refractivity contribution >= 4 is 36.2 Å². The zero-order chi connectivity index (χ0) is 22.3. The van der Waals surface area contributed by atoms with Crippen LogP contribution >= 0.6 is 12.6 Å². The minimum atomic E-state index is -0.387. The molecule has 0 bridgehead atoms. The number of nitrogens with zero attached hydrogens (tertiary/aromatic N) is 4. The van der Waals surface area contributed by atoms with Crippen LogP contribution in [0.1, 0.15) is 51.9 Å². The van der Waals surface area contributed by atoms with Crippen molar-refractivity contribution in [3.05, 3.63) is 24.0 Å². The molecule has 4 rings (SSSR count). The largest absolute Gasteiger partial charge is 0.354 e. The lowest BCUT2D eigenvalue weighted by Crippen LogP contribution is -2.35. The maximum Gasteiger partial charge on any atom is 0.233 e. The Morgan fingerprint density at radius 3 is 2.41 bits per heavy atom. The SMILES string of the molecule is CCN1CCCC1CNc1nc(NCC2CCCCC2)nc(Nc2ccc(S)c(F)c2)n1. The summed E-state index contributed by atoms with van der Waals surface area (Å²) < 4.78 is 13.9. The van der Waals surface area contributed by atoms with Crippen molar-refractivity contribution in [1.82, 2.24) is 19.9 Å². The number of hydrogen-bond donors (Lipinski definition) is 4. The molecule has 3 N–H and O–H groups in total. The van der Waals surface area contributed by atoms with E-state index >= 15 is 0 Å². The number of aromatic nitrogens is 3. The molecule has 1 aromatic carbocycles. The van der Waals surface area contributed by atoms with Crippen molar-refractivity contribution in [1.29, 1.82) is 0 Å². The summed E-state index contributed by atoms with van der Waals surface area (Å²) in [6, 6.07) is 5.26. The highest BCUT2D eigenvalue weighted by molar-refractivity contribution is 7.80. The van der Waals surface area contributed by atoms with Crippen LogP contribution in [0.15, 0.2) is 23.1 Å². The first-order valence-corrected chi connectivity index (χ1v) is 12.3. The first-order valence-electron chi connectivity index (χ1n) is 11.8. The number of benzene rings is 1. The highest BCUT2D eigenvalue weighted by Crippen LogP contribution is 2.25. The number of thiol groups is 1. The minimum absolute atomic E-state index is 0.306. The Morgan fingerprint density at radius 1 is 0.969 bits per heavy atom. The second-order valence-corrected chi connectivity index (χ2v) is 9.27. The number of anilines is 4. The van der Waals surface area contributed by atoms with Crippen molar-refractivity contribution in [3.63, 3.8) is 0 Å². The van der Waals surface area contributed by atoms with Crippen molar-refractivity contribution in [2.24, 2.45) is 5.92 Å². The lowest BCUT2D eigenvalue weighted by molar-refractivity contribution is 0.277. The Labute approximate surface area is 195 Å². The van der Waals surface area contributed by atoms with Crippen molar-refractivity contribution in [2.75, 3.05) is 42.1 Å². The van der Waals surface area contributed by atoms with E-state index in [0.717, 1.165) is 26.2 Å². The van der Waals surface area contributed by atoms with Gasteiger partial charge in [0, 0.05) is 29.7 Å². The molecule has 2 aliphatic rings. The molecule has 0 spiro atoms. The highest BCUT2D eigenvalue weighted by atomic mass is 32.1. The quantitative estimate of drug-likeness (QED) is 0.396. The lowest BCUT2D eigenvalue weighted by atomic mass is 9.89. The van der Waals surface area contributed by atoms with E-state index in [-0.39, 0.29) is 5.82 Å². The summed E-state index contributed by atoms with van der Waals surface area (Å²) in [6.07, 6.45) is 8.83. The third-order valence-corrected chi connectivity index (χ3v) is 6.88. The first-order chi connectivity index (χ1) is 15.6. The normalized spacial score (nSPS) is 19.8. The molecule has 1 aliphatic heterocycles. The van der Waals surface area contributed by atoms with E-state index in [1.807, 2.05) is 0 Å². The lowest BCUT2D eigenvalue weighted by Gasteiger charge is -2.23. The predicted molar refractivity (Wildman–Crippen MR) is 131 cm³/mol. The molecule has 1 saturated carbocycles. The van der Waals surface area contributed by atoms with E-state index in [1.165, 1.54) is 51.0 Å². The van der Waals surface area contributed by atoms with Gasteiger partial charge in [0.05, 0.1) is 0 Å². The third kappa shape index (κ3) is 6.22. The van der Waals surface area contributed by atoms with Gasteiger partial charge in [-0.25, -0.2) is 4.39 Å². The van der Waals surface area contributed by atoms with Gasteiger partial charge in [-0.05, 0) is 62.9 Å². The van der Waals surface area contributed by atoms with Crippen molar-refractivity contribution in [3.8, 4) is 0 Å². The number of likely N-dealkylation sites (N-methyl/N-ethyl adjacent to an activating group) is 1. The molecule has 1 aromatic heterocycles. The van der Waals surface area contributed by atoms with Crippen LogP contribution in [0.3, 0.4) is 0 Å². The molecule has 2 fully saturated rings. The Bertz CT molecular complexity index is 891. The molecule has 9 heteroatoms. The smallest absolute Gasteiger partial charge is 0.233 e. The van der Waals surface area contributed by atoms with Crippen LogP contribution in [-0.4, -0.2) is 52.1 Å². The molecule has 7 nitrogen and oxygen atoms in total. The number of nitrogens with one attached hydrogen (secondary N) is 3. The topological polar surface area (TPSA) is 78.0 Å². The molecular weight excluding hydrogens is 425 g/mol. The molecule has 174 valence electrons. The monoisotopic (exact) mass is 459 g/mol. The Kier molecular flexibility index (Phi) is 8.02. The Balaban J connectivity index is 1.47. The zero-order valence-electron chi connectivity index (χ0n) is 18.8. The Morgan fingerprint density at radius 2 is 1.69 bits per heavy atom. The van der Waals surface area contributed by atoms with Crippen LogP contribution < -0.4 is 16.0 Å². The van der Waals surface area contributed by atoms with Crippen LogP contribution in [0.2, 0.25) is 0 Å². The third-order valence-electron chi connectivity index (χ3n) is 6.51. The van der Waals surface area contributed by atoms with Crippen LogP contribution in [0.4, 0.5) is 27.9 Å². The summed E-state index contributed by atoms with van der Waals surface area (Å²) in [7, 11) is 0. The average Bonchev–Trinajstić information content (AvgIpc) is 3.27. The molecule has 32 heavy (non-hydrogen) atoms. The number of likely N-dealkylation sites (tertiary alicyclic amines) is 1. The predicted octanol–water partition coefficient (Wildman–Crippen LogP) is 4.93. The fourth-order valence-electron chi connectivity index (χ4n) is 4.68. The summed E-state index contributed by atoms with van der Waals surface area (Å²) in [4.78, 5) is 16.5. The standard InChI is InChI=1S/C23H34FN7S/c1-2-31-12-6-9-18(31)15-26-22-28-21(25-14-16-7-4-3-5-8-16)29-23(30-22)27-17-10-11-20(32)19(24)13-17/h10-11,13,16,18,32H,2-9,12,14-15H2,1H3,(H3,25,26,27,28,29,30). The molecule has 2 heterocycles. The molecule has 0 radical (unpaired) electrons. The van der Waals surface area contributed by atoms with Crippen molar-refractivity contribution < 1.29 is 4.39 Å². The maximum absolute atomic E-state index is 13.9. The molecule has 0 amide bonds. The summed E-state index contributed by atoms with van der Waals surface area (Å²) in [5.74, 6) is 1.73. The maximum atomic E-state index is 13.9. The van der Waals surface area contributed by atoms with Gasteiger partial charge in [0.1, 0.15) is 5.82 Å². The number of rotatable bonds is 9. The van der Waals surface area contributed by atoms with Gasteiger partial charge < -0.3 is 16.0 Å². The molecule has 1 unspecified atom stereocenters. The van der Waals surface area contributed by atoms with E-state index in [1.54, 1.807) is 12.1 Å². The average molecular weight is 460 g/mol. The van der Waals surface area contributed by atoms with Gasteiger partial charge >= 0.3 is 0 Å². The number of halogens is 1. The van der Waals surface area contributed by atoms with E-state index in [2.05, 4.69) is 55.4 Å². The second kappa shape index (κ2) is 11.1. The van der Waals surface area contributed by atoms with Crippen LogP contribution in [-0.2, 0) is 0 Å². The summed E-state index contributed by atoms with van der Waals surface area (Å²) in [5, 5.41) is 9.93.